The van der Waals surface area contributed by atoms with Crippen molar-refractivity contribution in [2.45, 2.75) is 50.2 Å². The third kappa shape index (κ3) is 4.09. The van der Waals surface area contributed by atoms with Crippen molar-refractivity contribution in [2.75, 3.05) is 32.7 Å². The number of ether oxygens (including phenoxy) is 1. The number of rotatable bonds is 3. The van der Waals surface area contributed by atoms with Crippen LogP contribution in [0.3, 0.4) is 0 Å². The molecule has 3 aliphatic rings. The molecule has 7 heteroatoms. The van der Waals surface area contributed by atoms with Crippen LogP contribution in [-0.4, -0.2) is 60.1 Å². The monoisotopic (exact) mass is 386 g/mol. The Labute approximate surface area is 166 Å². The zero-order valence-corrected chi connectivity index (χ0v) is 16.4. The molecule has 1 saturated carbocycles. The number of para-hydroxylation sites is 1. The number of piperazine rings is 1. The number of nitrogens with two attached hydrogens (primary N) is 1. The van der Waals surface area contributed by atoms with Gasteiger partial charge in [-0.15, -0.1) is 0 Å². The zero-order chi connectivity index (χ0) is 19.6. The lowest BCUT2D eigenvalue weighted by Crippen LogP contribution is -2.54. The number of carbonyl (C=O) groups is 2. The number of hydrogen-bond acceptors (Lipinski definition) is 4. The molecule has 2 fully saturated rings. The quantitative estimate of drug-likeness (QED) is 0.832. The van der Waals surface area contributed by atoms with Gasteiger partial charge in [-0.1, -0.05) is 24.6 Å². The lowest BCUT2D eigenvalue weighted by Gasteiger charge is -2.45. The van der Waals surface area contributed by atoms with Crippen molar-refractivity contribution in [2.24, 2.45) is 5.73 Å². The minimum Gasteiger partial charge on any atom is -0.487 e. The van der Waals surface area contributed by atoms with Gasteiger partial charge in [0.1, 0.15) is 11.4 Å². The molecule has 4 rings (SSSR count). The largest absolute Gasteiger partial charge is 0.487 e. The van der Waals surface area contributed by atoms with E-state index in [2.05, 4.69) is 11.4 Å². The molecule has 28 heavy (non-hydrogen) atoms. The van der Waals surface area contributed by atoms with Gasteiger partial charge in [0.2, 0.25) is 5.91 Å². The van der Waals surface area contributed by atoms with Gasteiger partial charge in [-0.25, -0.2) is 4.79 Å². The molecule has 0 bridgehead atoms. The Hall–Kier alpha value is -2.28. The molecule has 0 radical (unpaired) electrons. The Balaban J connectivity index is 1.43. The molecule has 1 aromatic carbocycles. The van der Waals surface area contributed by atoms with Crippen LogP contribution in [0.4, 0.5) is 4.79 Å². The minimum absolute atomic E-state index is 0.0285. The average Bonchev–Trinajstić information content (AvgIpc) is 2.68. The van der Waals surface area contributed by atoms with Gasteiger partial charge in [0, 0.05) is 38.2 Å². The summed E-state index contributed by atoms with van der Waals surface area (Å²) in [4.78, 5) is 27.9. The SMILES string of the molecule is NC(=O)CN1CCN(C(=O)N[C@H]2CC3(CCCCC3)Oc3ccccc32)CC1. The molecule has 2 aliphatic heterocycles. The van der Waals surface area contributed by atoms with Gasteiger partial charge in [-0.3, -0.25) is 9.69 Å². The minimum atomic E-state index is -0.325. The molecular formula is C21H30N4O3. The summed E-state index contributed by atoms with van der Waals surface area (Å²) < 4.78 is 6.45. The number of hydrogen-bond donors (Lipinski definition) is 2. The van der Waals surface area contributed by atoms with E-state index in [0.29, 0.717) is 26.2 Å². The van der Waals surface area contributed by atoms with Gasteiger partial charge in [-0.05, 0) is 31.7 Å². The summed E-state index contributed by atoms with van der Waals surface area (Å²) in [6, 6.07) is 8.01. The molecule has 1 spiro atoms. The van der Waals surface area contributed by atoms with Gasteiger partial charge in [0.05, 0.1) is 12.6 Å². The van der Waals surface area contributed by atoms with Crippen molar-refractivity contribution in [1.29, 1.82) is 0 Å². The number of primary amides is 1. The topological polar surface area (TPSA) is 87.9 Å². The molecular weight excluding hydrogens is 356 g/mol. The highest BCUT2D eigenvalue weighted by atomic mass is 16.5. The van der Waals surface area contributed by atoms with E-state index in [1.54, 1.807) is 0 Å². The van der Waals surface area contributed by atoms with Crippen LogP contribution < -0.4 is 15.8 Å². The normalized spacial score (nSPS) is 24.3. The van der Waals surface area contributed by atoms with Crippen LogP contribution in [0.1, 0.15) is 50.1 Å². The van der Waals surface area contributed by atoms with Crippen LogP contribution in [0.25, 0.3) is 0 Å². The van der Waals surface area contributed by atoms with Gasteiger partial charge in [0.25, 0.3) is 0 Å². The van der Waals surface area contributed by atoms with E-state index in [0.717, 1.165) is 30.6 Å². The van der Waals surface area contributed by atoms with Crippen LogP contribution in [0.2, 0.25) is 0 Å². The van der Waals surface area contributed by atoms with Crippen LogP contribution in [0, 0.1) is 0 Å². The highest BCUT2D eigenvalue weighted by molar-refractivity contribution is 5.76. The standard InChI is InChI=1S/C21H30N4O3/c22-19(26)15-24-10-12-25(13-11-24)20(27)23-17-14-21(8-4-1-5-9-21)28-18-7-3-2-6-16(17)18/h2-3,6-7,17H,1,4-5,8-15H2,(H2,22,26)(H,23,27)/t17-/m0/s1. The third-order valence-electron chi connectivity index (χ3n) is 6.30. The molecule has 7 nitrogen and oxygen atoms in total. The van der Waals surface area contributed by atoms with E-state index >= 15 is 0 Å². The summed E-state index contributed by atoms with van der Waals surface area (Å²) in [6.45, 7) is 2.81. The van der Waals surface area contributed by atoms with Crippen molar-refractivity contribution < 1.29 is 14.3 Å². The van der Waals surface area contributed by atoms with Crippen molar-refractivity contribution in [3.8, 4) is 5.75 Å². The van der Waals surface area contributed by atoms with Gasteiger partial charge >= 0.3 is 6.03 Å². The van der Waals surface area contributed by atoms with Crippen molar-refractivity contribution in [1.82, 2.24) is 15.1 Å². The van der Waals surface area contributed by atoms with Gasteiger partial charge in [-0.2, -0.15) is 0 Å². The first kappa shape index (κ1) is 19.1. The predicted molar refractivity (Wildman–Crippen MR) is 106 cm³/mol. The molecule has 152 valence electrons. The van der Waals surface area contributed by atoms with Crippen molar-refractivity contribution >= 4 is 11.9 Å². The Morgan fingerprint density at radius 3 is 2.54 bits per heavy atom. The number of amides is 3. The number of urea groups is 1. The van der Waals surface area contributed by atoms with Gasteiger partial charge < -0.3 is 20.7 Å². The molecule has 0 unspecified atom stereocenters. The predicted octanol–water partition coefficient (Wildman–Crippen LogP) is 2.03. The third-order valence-corrected chi connectivity index (χ3v) is 6.30. The Morgan fingerprint density at radius 1 is 1.11 bits per heavy atom. The van der Waals surface area contributed by atoms with E-state index in [1.807, 2.05) is 28.0 Å². The van der Waals surface area contributed by atoms with E-state index in [1.165, 1.54) is 19.3 Å². The summed E-state index contributed by atoms with van der Waals surface area (Å²) in [6.07, 6.45) is 6.57. The molecule has 1 aromatic rings. The van der Waals surface area contributed by atoms with E-state index in [9.17, 15) is 9.59 Å². The molecule has 1 aliphatic carbocycles. The maximum atomic E-state index is 12.9. The highest BCUT2D eigenvalue weighted by Crippen LogP contribution is 2.46. The molecule has 1 atom stereocenters. The smallest absolute Gasteiger partial charge is 0.317 e. The van der Waals surface area contributed by atoms with Crippen LogP contribution in [-0.2, 0) is 4.79 Å². The van der Waals surface area contributed by atoms with Crippen molar-refractivity contribution in [3.05, 3.63) is 29.8 Å². The Morgan fingerprint density at radius 2 is 1.82 bits per heavy atom. The Bertz CT molecular complexity index is 724. The summed E-state index contributed by atoms with van der Waals surface area (Å²) in [5, 5.41) is 3.27. The molecule has 1 saturated heterocycles. The fourth-order valence-electron chi connectivity index (χ4n) is 4.82. The Kier molecular flexibility index (Phi) is 5.44. The first-order valence-corrected chi connectivity index (χ1v) is 10.4. The summed E-state index contributed by atoms with van der Waals surface area (Å²) in [5.74, 6) is 0.585. The van der Waals surface area contributed by atoms with E-state index < -0.39 is 0 Å². The molecule has 3 amide bonds. The van der Waals surface area contributed by atoms with E-state index in [-0.39, 0.29) is 30.1 Å². The first-order valence-electron chi connectivity index (χ1n) is 10.4. The number of nitrogens with one attached hydrogen (secondary N) is 1. The average molecular weight is 386 g/mol. The van der Waals surface area contributed by atoms with Crippen molar-refractivity contribution in [3.63, 3.8) is 0 Å². The number of nitrogens with zero attached hydrogens (tertiary/aromatic N) is 2. The van der Waals surface area contributed by atoms with Crippen LogP contribution in [0.15, 0.2) is 24.3 Å². The molecule has 3 N–H and O–H groups in total. The van der Waals surface area contributed by atoms with Crippen LogP contribution >= 0.6 is 0 Å². The lowest BCUT2D eigenvalue weighted by molar-refractivity contribution is -0.119. The fraction of sp³-hybridized carbons (Fsp3) is 0.619. The maximum Gasteiger partial charge on any atom is 0.317 e. The second-order valence-corrected chi connectivity index (χ2v) is 8.32. The zero-order valence-electron chi connectivity index (χ0n) is 16.4. The number of benzene rings is 1. The van der Waals surface area contributed by atoms with Gasteiger partial charge in [0.15, 0.2) is 0 Å². The van der Waals surface area contributed by atoms with Crippen LogP contribution in [0.5, 0.6) is 5.75 Å². The first-order chi connectivity index (χ1) is 13.5. The summed E-state index contributed by atoms with van der Waals surface area (Å²) >= 11 is 0. The van der Waals surface area contributed by atoms with E-state index in [4.69, 9.17) is 10.5 Å². The molecule has 0 aromatic heterocycles. The molecule has 2 heterocycles. The lowest BCUT2D eigenvalue weighted by atomic mass is 9.77. The number of carbonyl (C=O) groups excluding carboxylic acids is 2. The maximum absolute atomic E-state index is 12.9. The fourth-order valence-corrected chi connectivity index (χ4v) is 4.82. The number of fused-ring (bicyclic) bond motifs is 1. The highest BCUT2D eigenvalue weighted by Gasteiger charge is 2.42. The second-order valence-electron chi connectivity index (χ2n) is 8.32. The summed E-state index contributed by atoms with van der Waals surface area (Å²) in [5.41, 5.74) is 6.19. The second kappa shape index (κ2) is 7.99. The summed E-state index contributed by atoms with van der Waals surface area (Å²) in [7, 11) is 0.